The fourth-order valence-electron chi connectivity index (χ4n) is 3.06. The van der Waals surface area contributed by atoms with Crippen LogP contribution in [0.15, 0.2) is 30.6 Å². The second kappa shape index (κ2) is 4.94. The second-order valence-corrected chi connectivity index (χ2v) is 5.33. The van der Waals surface area contributed by atoms with Crippen LogP contribution in [0, 0.1) is 0 Å². The Kier molecular flexibility index (Phi) is 3.26. The van der Waals surface area contributed by atoms with Crippen LogP contribution in [0.4, 0.5) is 0 Å². The third-order valence-electron chi connectivity index (χ3n) is 4.07. The molecule has 0 radical (unpaired) electrons. The molecule has 1 heterocycles. The number of rotatable bonds is 4. The number of imidazole rings is 1. The lowest BCUT2D eigenvalue weighted by molar-refractivity contribution is 0.0690. The summed E-state index contributed by atoms with van der Waals surface area (Å²) in [5.41, 5.74) is 1.11. The van der Waals surface area contributed by atoms with Gasteiger partial charge in [0.05, 0.1) is 7.11 Å². The van der Waals surface area contributed by atoms with Gasteiger partial charge in [-0.25, -0.2) is 4.98 Å². The van der Waals surface area contributed by atoms with Crippen LogP contribution in [0.5, 0.6) is 5.75 Å². The molecule has 0 amide bonds. The number of aryl methyl sites for hydroxylation is 2. The molecule has 4 heteroatoms. The third-order valence-corrected chi connectivity index (χ3v) is 4.07. The van der Waals surface area contributed by atoms with Gasteiger partial charge in [-0.2, -0.15) is 0 Å². The van der Waals surface area contributed by atoms with Gasteiger partial charge in [-0.05, 0) is 42.5 Å². The molecule has 0 aliphatic heterocycles. The zero-order valence-corrected chi connectivity index (χ0v) is 12.0. The number of aromatic nitrogens is 2. The molecule has 3 rings (SSSR count). The first-order valence-electron chi connectivity index (χ1n) is 7.10. The van der Waals surface area contributed by atoms with Crippen LogP contribution in [0.1, 0.15) is 36.7 Å². The van der Waals surface area contributed by atoms with Crippen molar-refractivity contribution in [3.63, 3.8) is 0 Å². The lowest BCUT2D eigenvalue weighted by Crippen LogP contribution is -2.28. The standard InChI is InChI=1S/C16H20N2O2/c1-3-9-18-10-8-17-15(18)16(19)7-6-12-4-5-13(20-2)11-14(12)16/h4-5,8,10-11,19H,3,6-7,9H2,1-2H3. The summed E-state index contributed by atoms with van der Waals surface area (Å²) in [7, 11) is 1.65. The first-order chi connectivity index (χ1) is 9.69. The van der Waals surface area contributed by atoms with Crippen molar-refractivity contribution in [2.24, 2.45) is 0 Å². The van der Waals surface area contributed by atoms with E-state index in [1.165, 1.54) is 5.56 Å². The number of benzene rings is 1. The van der Waals surface area contributed by atoms with Gasteiger partial charge in [0.25, 0.3) is 0 Å². The fraction of sp³-hybridized carbons (Fsp3) is 0.438. The number of hydrogen-bond acceptors (Lipinski definition) is 3. The van der Waals surface area contributed by atoms with Crippen LogP contribution in [0.2, 0.25) is 0 Å². The van der Waals surface area contributed by atoms with E-state index in [0.717, 1.165) is 36.5 Å². The van der Waals surface area contributed by atoms with Gasteiger partial charge in [-0.3, -0.25) is 0 Å². The van der Waals surface area contributed by atoms with Gasteiger partial charge in [0, 0.05) is 18.9 Å². The van der Waals surface area contributed by atoms with E-state index in [1.54, 1.807) is 13.3 Å². The molecule has 4 nitrogen and oxygen atoms in total. The summed E-state index contributed by atoms with van der Waals surface area (Å²) in [4.78, 5) is 4.42. The topological polar surface area (TPSA) is 47.3 Å². The van der Waals surface area contributed by atoms with Gasteiger partial charge in [-0.1, -0.05) is 13.0 Å². The largest absolute Gasteiger partial charge is 0.497 e. The zero-order chi connectivity index (χ0) is 14.2. The molecule has 2 aromatic rings. The van der Waals surface area contributed by atoms with Crippen LogP contribution in [-0.2, 0) is 18.6 Å². The van der Waals surface area contributed by atoms with Gasteiger partial charge in [0.1, 0.15) is 17.2 Å². The summed E-state index contributed by atoms with van der Waals surface area (Å²) in [6, 6.07) is 5.93. The lowest BCUT2D eigenvalue weighted by Gasteiger charge is -2.25. The van der Waals surface area contributed by atoms with Crippen LogP contribution >= 0.6 is 0 Å². The summed E-state index contributed by atoms with van der Waals surface area (Å²) >= 11 is 0. The maximum Gasteiger partial charge on any atom is 0.148 e. The van der Waals surface area contributed by atoms with E-state index in [2.05, 4.69) is 16.5 Å². The molecule has 0 saturated heterocycles. The SMILES string of the molecule is CCCn1ccnc1C1(O)CCc2ccc(OC)cc21. The normalized spacial score (nSPS) is 20.9. The monoisotopic (exact) mass is 272 g/mol. The van der Waals surface area contributed by atoms with Crippen molar-refractivity contribution >= 4 is 0 Å². The Labute approximate surface area is 119 Å². The Bertz CT molecular complexity index is 621. The first kappa shape index (κ1) is 13.2. The molecule has 1 aromatic heterocycles. The summed E-state index contributed by atoms with van der Waals surface area (Å²) < 4.78 is 7.34. The molecule has 20 heavy (non-hydrogen) atoms. The average molecular weight is 272 g/mol. The summed E-state index contributed by atoms with van der Waals surface area (Å²) in [6.07, 6.45) is 6.27. The van der Waals surface area contributed by atoms with Crippen molar-refractivity contribution in [1.82, 2.24) is 9.55 Å². The highest BCUT2D eigenvalue weighted by molar-refractivity contribution is 5.46. The van der Waals surface area contributed by atoms with Gasteiger partial charge in [0.2, 0.25) is 0 Å². The molecular formula is C16H20N2O2. The molecule has 1 aromatic carbocycles. The second-order valence-electron chi connectivity index (χ2n) is 5.33. The van der Waals surface area contributed by atoms with E-state index in [0.29, 0.717) is 6.42 Å². The molecule has 0 bridgehead atoms. The van der Waals surface area contributed by atoms with Crippen LogP contribution in [0.25, 0.3) is 0 Å². The Hall–Kier alpha value is -1.81. The molecule has 0 saturated carbocycles. The van der Waals surface area contributed by atoms with E-state index in [4.69, 9.17) is 4.74 Å². The van der Waals surface area contributed by atoms with Gasteiger partial charge < -0.3 is 14.4 Å². The first-order valence-corrected chi connectivity index (χ1v) is 7.10. The molecule has 106 valence electrons. The highest BCUT2D eigenvalue weighted by Gasteiger charge is 2.41. The average Bonchev–Trinajstić information content (AvgIpc) is 3.05. The van der Waals surface area contributed by atoms with Crippen molar-refractivity contribution < 1.29 is 9.84 Å². The molecule has 1 aliphatic rings. The van der Waals surface area contributed by atoms with Crippen LogP contribution in [0.3, 0.4) is 0 Å². The molecule has 1 unspecified atom stereocenters. The van der Waals surface area contributed by atoms with E-state index in [9.17, 15) is 5.11 Å². The zero-order valence-electron chi connectivity index (χ0n) is 12.0. The Balaban J connectivity index is 2.09. The fourth-order valence-corrected chi connectivity index (χ4v) is 3.06. The van der Waals surface area contributed by atoms with Crippen LogP contribution < -0.4 is 4.74 Å². The number of fused-ring (bicyclic) bond motifs is 1. The van der Waals surface area contributed by atoms with Crippen molar-refractivity contribution in [2.45, 2.75) is 38.3 Å². The molecule has 1 atom stereocenters. The Morgan fingerprint density at radius 3 is 3.05 bits per heavy atom. The minimum absolute atomic E-state index is 0.677. The quantitative estimate of drug-likeness (QED) is 0.930. The van der Waals surface area contributed by atoms with Gasteiger partial charge in [0.15, 0.2) is 0 Å². The van der Waals surface area contributed by atoms with E-state index in [1.807, 2.05) is 24.4 Å². The predicted molar refractivity (Wildman–Crippen MR) is 76.8 cm³/mol. The van der Waals surface area contributed by atoms with Crippen molar-refractivity contribution in [2.75, 3.05) is 7.11 Å². The van der Waals surface area contributed by atoms with Gasteiger partial charge in [-0.15, -0.1) is 0 Å². The van der Waals surface area contributed by atoms with Crippen molar-refractivity contribution in [3.05, 3.63) is 47.5 Å². The minimum Gasteiger partial charge on any atom is -0.497 e. The number of ether oxygens (including phenoxy) is 1. The molecule has 0 fully saturated rings. The Morgan fingerprint density at radius 1 is 1.45 bits per heavy atom. The van der Waals surface area contributed by atoms with Crippen molar-refractivity contribution in [3.8, 4) is 5.75 Å². The highest BCUT2D eigenvalue weighted by Crippen LogP contribution is 2.42. The minimum atomic E-state index is -0.997. The van der Waals surface area contributed by atoms with Crippen LogP contribution in [-0.4, -0.2) is 21.8 Å². The number of hydrogen-bond donors (Lipinski definition) is 1. The lowest BCUT2D eigenvalue weighted by atomic mass is 9.94. The summed E-state index contributed by atoms with van der Waals surface area (Å²) in [6.45, 7) is 3.00. The third kappa shape index (κ3) is 1.91. The molecule has 1 aliphatic carbocycles. The Morgan fingerprint density at radius 2 is 2.30 bits per heavy atom. The maximum absolute atomic E-state index is 11.2. The van der Waals surface area contributed by atoms with E-state index >= 15 is 0 Å². The van der Waals surface area contributed by atoms with Crippen molar-refractivity contribution in [1.29, 1.82) is 0 Å². The molecule has 0 spiro atoms. The summed E-state index contributed by atoms with van der Waals surface area (Å²) in [5, 5.41) is 11.2. The number of aliphatic hydroxyl groups is 1. The predicted octanol–water partition coefficient (Wildman–Crippen LogP) is 2.48. The molecule has 1 N–H and O–H groups in total. The molecular weight excluding hydrogens is 252 g/mol. The number of methoxy groups -OCH3 is 1. The van der Waals surface area contributed by atoms with E-state index < -0.39 is 5.60 Å². The van der Waals surface area contributed by atoms with E-state index in [-0.39, 0.29) is 0 Å². The highest BCUT2D eigenvalue weighted by atomic mass is 16.5. The smallest absolute Gasteiger partial charge is 0.148 e. The number of nitrogens with zero attached hydrogens (tertiary/aromatic N) is 2. The van der Waals surface area contributed by atoms with Gasteiger partial charge >= 0.3 is 0 Å². The summed E-state index contributed by atoms with van der Waals surface area (Å²) in [5.74, 6) is 1.52. The maximum atomic E-state index is 11.2.